The molecule has 0 saturated carbocycles. The number of likely N-dealkylation sites (tertiary alicyclic amines) is 1. The third-order valence-corrected chi connectivity index (χ3v) is 4.39. The Hall–Kier alpha value is -1.42. The minimum Gasteiger partial charge on any atom is -0.338 e. The Morgan fingerprint density at radius 3 is 2.52 bits per heavy atom. The van der Waals surface area contributed by atoms with E-state index in [-0.39, 0.29) is 5.91 Å². The zero-order chi connectivity index (χ0) is 15.5. The summed E-state index contributed by atoms with van der Waals surface area (Å²) in [7, 11) is 0. The highest BCUT2D eigenvalue weighted by molar-refractivity contribution is 5.94. The van der Waals surface area contributed by atoms with E-state index in [2.05, 4.69) is 5.32 Å². The van der Waals surface area contributed by atoms with E-state index in [0.29, 0.717) is 38.0 Å². The second-order valence-electron chi connectivity index (χ2n) is 6.02. The van der Waals surface area contributed by atoms with Crippen molar-refractivity contribution < 1.29 is 9.18 Å². The molecule has 1 aromatic carbocycles. The molecule has 0 aromatic heterocycles. The zero-order valence-electron chi connectivity index (χ0n) is 13.2. The number of aryl methyl sites for hydroxylation is 2. The second-order valence-corrected chi connectivity index (χ2v) is 6.02. The molecule has 0 radical (unpaired) electrons. The molecule has 116 valence electrons. The number of piperidine rings is 1. The molecule has 1 N–H and O–H groups in total. The van der Waals surface area contributed by atoms with Crippen LogP contribution in [0.5, 0.6) is 0 Å². The van der Waals surface area contributed by atoms with Gasteiger partial charge in [-0.15, -0.1) is 0 Å². The topological polar surface area (TPSA) is 32.3 Å². The fourth-order valence-electron chi connectivity index (χ4n) is 2.69. The number of halogens is 1. The Balaban J connectivity index is 1.98. The molecule has 1 fully saturated rings. The minimum atomic E-state index is -1.17. The van der Waals surface area contributed by atoms with E-state index in [1.807, 2.05) is 39.0 Å². The van der Waals surface area contributed by atoms with Crippen LogP contribution in [0.3, 0.4) is 0 Å². The van der Waals surface area contributed by atoms with Crippen molar-refractivity contribution in [1.29, 1.82) is 0 Å². The van der Waals surface area contributed by atoms with Crippen LogP contribution in [0.2, 0.25) is 0 Å². The third-order valence-electron chi connectivity index (χ3n) is 4.39. The molecule has 2 rings (SSSR count). The fraction of sp³-hybridized carbons (Fsp3) is 0.588. The van der Waals surface area contributed by atoms with Crippen molar-refractivity contribution >= 4 is 5.91 Å². The molecule has 1 aromatic rings. The molecule has 1 aliphatic heterocycles. The highest BCUT2D eigenvalue weighted by atomic mass is 19.1. The molecule has 0 bridgehead atoms. The van der Waals surface area contributed by atoms with Gasteiger partial charge in [0.2, 0.25) is 0 Å². The van der Waals surface area contributed by atoms with E-state index in [9.17, 15) is 9.18 Å². The number of amides is 1. The summed E-state index contributed by atoms with van der Waals surface area (Å²) in [6, 6.07) is 5.76. The van der Waals surface area contributed by atoms with Crippen molar-refractivity contribution in [3.8, 4) is 0 Å². The molecular formula is C17H25FN2O. The fourth-order valence-corrected chi connectivity index (χ4v) is 2.69. The molecule has 1 saturated heterocycles. The summed E-state index contributed by atoms with van der Waals surface area (Å²) >= 11 is 0. The minimum absolute atomic E-state index is 0.0172. The van der Waals surface area contributed by atoms with E-state index in [0.717, 1.165) is 12.1 Å². The van der Waals surface area contributed by atoms with Crippen LogP contribution in [-0.4, -0.2) is 42.7 Å². The van der Waals surface area contributed by atoms with Crippen LogP contribution >= 0.6 is 0 Å². The monoisotopic (exact) mass is 292 g/mol. The average molecular weight is 292 g/mol. The lowest BCUT2D eigenvalue weighted by Crippen LogP contribution is -2.48. The molecule has 0 unspecified atom stereocenters. The zero-order valence-corrected chi connectivity index (χ0v) is 13.2. The lowest BCUT2D eigenvalue weighted by molar-refractivity contribution is 0.0438. The Kier molecular flexibility index (Phi) is 4.99. The van der Waals surface area contributed by atoms with Crippen LogP contribution in [0.25, 0.3) is 0 Å². The molecule has 4 heteroatoms. The number of nitrogens with one attached hydrogen (secondary N) is 1. The van der Waals surface area contributed by atoms with Crippen LogP contribution in [0.4, 0.5) is 4.39 Å². The summed E-state index contributed by atoms with van der Waals surface area (Å²) in [5.41, 5.74) is 1.83. The SMILES string of the molecule is CCNCC1(F)CCN(C(=O)c2ccc(C)c(C)c2)CC1. The molecule has 0 spiro atoms. The maximum atomic E-state index is 14.5. The van der Waals surface area contributed by atoms with E-state index in [1.54, 1.807) is 4.90 Å². The normalized spacial score (nSPS) is 17.8. The van der Waals surface area contributed by atoms with Gasteiger partial charge in [0.25, 0.3) is 5.91 Å². The van der Waals surface area contributed by atoms with Crippen LogP contribution in [0, 0.1) is 13.8 Å². The van der Waals surface area contributed by atoms with Crippen LogP contribution in [-0.2, 0) is 0 Å². The van der Waals surface area contributed by atoms with Crippen molar-refractivity contribution in [2.24, 2.45) is 0 Å². The summed E-state index contributed by atoms with van der Waals surface area (Å²) < 4.78 is 14.5. The quantitative estimate of drug-likeness (QED) is 0.925. The first-order valence-corrected chi connectivity index (χ1v) is 7.71. The molecule has 1 aliphatic rings. The molecule has 0 aliphatic carbocycles. The van der Waals surface area contributed by atoms with E-state index in [1.165, 1.54) is 5.56 Å². The lowest BCUT2D eigenvalue weighted by Gasteiger charge is -2.36. The second kappa shape index (κ2) is 6.56. The number of carbonyl (C=O) groups excluding carboxylic acids is 1. The average Bonchev–Trinajstić information content (AvgIpc) is 2.48. The van der Waals surface area contributed by atoms with Gasteiger partial charge < -0.3 is 10.2 Å². The largest absolute Gasteiger partial charge is 0.338 e. The Morgan fingerprint density at radius 1 is 1.29 bits per heavy atom. The molecule has 1 heterocycles. The Bertz CT molecular complexity index is 508. The summed E-state index contributed by atoms with van der Waals surface area (Å²) in [6.45, 7) is 8.16. The van der Waals surface area contributed by atoms with Gasteiger partial charge in [0.15, 0.2) is 0 Å². The number of carbonyl (C=O) groups is 1. The van der Waals surface area contributed by atoms with Gasteiger partial charge in [0, 0.05) is 38.0 Å². The summed E-state index contributed by atoms with van der Waals surface area (Å²) in [5, 5.41) is 3.07. The van der Waals surface area contributed by atoms with Crippen molar-refractivity contribution in [3.63, 3.8) is 0 Å². The van der Waals surface area contributed by atoms with Gasteiger partial charge in [0.1, 0.15) is 5.67 Å². The first-order chi connectivity index (χ1) is 9.95. The van der Waals surface area contributed by atoms with Gasteiger partial charge in [-0.05, 0) is 43.7 Å². The van der Waals surface area contributed by atoms with Gasteiger partial charge in [-0.1, -0.05) is 13.0 Å². The standard InChI is InChI=1S/C17H25FN2O/c1-4-19-12-17(18)7-9-20(10-8-17)16(21)15-6-5-13(2)14(3)11-15/h5-6,11,19H,4,7-10,12H2,1-3H3. The highest BCUT2D eigenvalue weighted by Crippen LogP contribution is 2.27. The number of hydrogen-bond donors (Lipinski definition) is 1. The van der Waals surface area contributed by atoms with Gasteiger partial charge in [-0.2, -0.15) is 0 Å². The number of rotatable bonds is 4. The molecular weight excluding hydrogens is 267 g/mol. The van der Waals surface area contributed by atoms with E-state index < -0.39 is 5.67 Å². The van der Waals surface area contributed by atoms with Gasteiger partial charge >= 0.3 is 0 Å². The van der Waals surface area contributed by atoms with Crippen molar-refractivity contribution in [3.05, 3.63) is 34.9 Å². The highest BCUT2D eigenvalue weighted by Gasteiger charge is 2.35. The van der Waals surface area contributed by atoms with Crippen molar-refractivity contribution in [2.75, 3.05) is 26.2 Å². The molecule has 0 atom stereocenters. The van der Waals surface area contributed by atoms with Crippen LogP contribution in [0.1, 0.15) is 41.3 Å². The molecule has 21 heavy (non-hydrogen) atoms. The predicted molar refractivity (Wildman–Crippen MR) is 83.4 cm³/mol. The van der Waals surface area contributed by atoms with Crippen molar-refractivity contribution in [2.45, 2.75) is 39.3 Å². The van der Waals surface area contributed by atoms with Gasteiger partial charge in [0.05, 0.1) is 0 Å². The lowest BCUT2D eigenvalue weighted by atomic mass is 9.92. The number of benzene rings is 1. The maximum absolute atomic E-state index is 14.5. The first kappa shape index (κ1) is 16.0. The van der Waals surface area contributed by atoms with Crippen LogP contribution < -0.4 is 5.32 Å². The number of hydrogen-bond acceptors (Lipinski definition) is 2. The Morgan fingerprint density at radius 2 is 1.95 bits per heavy atom. The maximum Gasteiger partial charge on any atom is 0.253 e. The van der Waals surface area contributed by atoms with E-state index >= 15 is 0 Å². The number of nitrogens with zero attached hydrogens (tertiary/aromatic N) is 1. The molecule has 3 nitrogen and oxygen atoms in total. The summed E-state index contributed by atoms with van der Waals surface area (Å²) in [4.78, 5) is 14.2. The third kappa shape index (κ3) is 3.82. The molecule has 1 amide bonds. The number of alkyl halides is 1. The smallest absolute Gasteiger partial charge is 0.253 e. The Labute approximate surface area is 126 Å². The predicted octanol–water partition coefficient (Wildman–Crippen LogP) is 2.86. The van der Waals surface area contributed by atoms with Crippen molar-refractivity contribution in [1.82, 2.24) is 10.2 Å². The van der Waals surface area contributed by atoms with E-state index in [4.69, 9.17) is 0 Å². The summed E-state index contributed by atoms with van der Waals surface area (Å²) in [6.07, 6.45) is 0.827. The van der Waals surface area contributed by atoms with Crippen LogP contribution in [0.15, 0.2) is 18.2 Å². The first-order valence-electron chi connectivity index (χ1n) is 7.71. The van der Waals surface area contributed by atoms with Gasteiger partial charge in [-0.25, -0.2) is 4.39 Å². The van der Waals surface area contributed by atoms with Gasteiger partial charge in [-0.3, -0.25) is 4.79 Å². The summed E-state index contributed by atoms with van der Waals surface area (Å²) in [5.74, 6) is 0.0172.